The molecule has 1 aromatic carbocycles. The van der Waals surface area contributed by atoms with E-state index in [1.165, 1.54) is 0 Å². The number of guanidine groups is 1. The van der Waals surface area contributed by atoms with Gasteiger partial charge in [0.2, 0.25) is 5.96 Å². The molecule has 1 aromatic heterocycles. The molecule has 2 aromatic rings. The lowest BCUT2D eigenvalue weighted by molar-refractivity contribution is 0.0852. The van der Waals surface area contributed by atoms with Gasteiger partial charge in [0.05, 0.1) is 17.8 Å². The summed E-state index contributed by atoms with van der Waals surface area (Å²) in [4.78, 5) is 24.9. The highest BCUT2D eigenvalue weighted by Crippen LogP contribution is 2.35. The van der Waals surface area contributed by atoms with Crippen LogP contribution in [0.25, 0.3) is 0 Å². The Morgan fingerprint density at radius 3 is 2.95 bits per heavy atom. The van der Waals surface area contributed by atoms with Crippen LogP contribution in [0.5, 0.6) is 0 Å². The standard InChI is InChI=1S/C15H11ClN4O/c16-10-3-1-4-11(9-10)20-13-12(5-2-6-17-13)14(21)19-8-7-18-15(19)20/h1-6,9H,7-8H2. The molecule has 104 valence electrons. The van der Waals surface area contributed by atoms with E-state index in [1.54, 1.807) is 23.2 Å². The summed E-state index contributed by atoms with van der Waals surface area (Å²) in [5.41, 5.74) is 1.43. The van der Waals surface area contributed by atoms with E-state index >= 15 is 0 Å². The Bertz CT molecular complexity index is 774. The zero-order chi connectivity index (χ0) is 14.4. The highest BCUT2D eigenvalue weighted by Gasteiger charge is 2.38. The van der Waals surface area contributed by atoms with Gasteiger partial charge in [-0.2, -0.15) is 0 Å². The van der Waals surface area contributed by atoms with Crippen molar-refractivity contribution in [1.29, 1.82) is 0 Å². The van der Waals surface area contributed by atoms with Crippen LogP contribution < -0.4 is 4.90 Å². The molecule has 2 aliphatic rings. The minimum absolute atomic E-state index is 0.0485. The second-order valence-corrected chi connectivity index (χ2v) is 5.26. The third-order valence-corrected chi connectivity index (χ3v) is 3.79. The van der Waals surface area contributed by atoms with Gasteiger partial charge in [-0.05, 0) is 30.3 Å². The first kappa shape index (κ1) is 12.3. The monoisotopic (exact) mass is 298 g/mol. The van der Waals surface area contributed by atoms with Gasteiger partial charge in [0.15, 0.2) is 5.82 Å². The Hall–Kier alpha value is -2.40. The summed E-state index contributed by atoms with van der Waals surface area (Å²) in [6.07, 6.45) is 1.68. The average Bonchev–Trinajstić information content (AvgIpc) is 2.97. The van der Waals surface area contributed by atoms with Gasteiger partial charge in [-0.3, -0.25) is 19.6 Å². The lowest BCUT2D eigenvalue weighted by Gasteiger charge is -2.34. The summed E-state index contributed by atoms with van der Waals surface area (Å²) >= 11 is 6.10. The van der Waals surface area contributed by atoms with E-state index in [0.29, 0.717) is 35.5 Å². The van der Waals surface area contributed by atoms with E-state index in [0.717, 1.165) is 5.69 Å². The smallest absolute Gasteiger partial charge is 0.264 e. The summed E-state index contributed by atoms with van der Waals surface area (Å²) in [5, 5.41) is 0.632. The number of nitrogens with zero attached hydrogens (tertiary/aromatic N) is 4. The number of anilines is 2. The number of carbonyl (C=O) groups is 1. The molecule has 0 unspecified atom stereocenters. The molecule has 4 rings (SSSR count). The maximum atomic E-state index is 12.5. The fourth-order valence-corrected chi connectivity index (χ4v) is 2.84. The molecule has 0 spiro atoms. The van der Waals surface area contributed by atoms with Crippen LogP contribution in [0.15, 0.2) is 47.6 Å². The van der Waals surface area contributed by atoms with Crippen molar-refractivity contribution in [1.82, 2.24) is 9.88 Å². The topological polar surface area (TPSA) is 48.8 Å². The Labute approximate surface area is 126 Å². The SMILES string of the molecule is O=C1c2cccnc2N(c2cccc(Cl)c2)C2=NCCN12. The quantitative estimate of drug-likeness (QED) is 0.813. The number of amides is 1. The van der Waals surface area contributed by atoms with Gasteiger partial charge >= 0.3 is 0 Å². The molecule has 0 radical (unpaired) electrons. The Kier molecular flexibility index (Phi) is 2.68. The van der Waals surface area contributed by atoms with E-state index in [-0.39, 0.29) is 5.91 Å². The summed E-state index contributed by atoms with van der Waals surface area (Å²) < 4.78 is 0. The number of carbonyl (C=O) groups excluding carboxylic acids is 1. The molecule has 2 aliphatic heterocycles. The molecule has 0 atom stereocenters. The highest BCUT2D eigenvalue weighted by molar-refractivity contribution is 6.31. The largest absolute Gasteiger partial charge is 0.276 e. The van der Waals surface area contributed by atoms with Crippen molar-refractivity contribution in [3.05, 3.63) is 53.2 Å². The number of pyridine rings is 1. The minimum atomic E-state index is -0.0485. The van der Waals surface area contributed by atoms with Gasteiger partial charge in [-0.25, -0.2) is 4.98 Å². The van der Waals surface area contributed by atoms with E-state index < -0.39 is 0 Å². The van der Waals surface area contributed by atoms with Gasteiger partial charge in [0.1, 0.15) is 0 Å². The molecule has 0 fully saturated rings. The summed E-state index contributed by atoms with van der Waals surface area (Å²) in [7, 11) is 0. The minimum Gasteiger partial charge on any atom is -0.276 e. The molecule has 1 amide bonds. The van der Waals surface area contributed by atoms with E-state index in [2.05, 4.69) is 9.98 Å². The Morgan fingerprint density at radius 1 is 1.19 bits per heavy atom. The third-order valence-electron chi connectivity index (χ3n) is 3.56. The molecular weight excluding hydrogens is 288 g/mol. The van der Waals surface area contributed by atoms with Gasteiger partial charge in [-0.1, -0.05) is 17.7 Å². The van der Waals surface area contributed by atoms with Crippen LogP contribution in [0.2, 0.25) is 5.02 Å². The van der Waals surface area contributed by atoms with Gasteiger partial charge < -0.3 is 0 Å². The third kappa shape index (κ3) is 1.81. The second-order valence-electron chi connectivity index (χ2n) is 4.83. The van der Waals surface area contributed by atoms with Crippen molar-refractivity contribution >= 4 is 35.0 Å². The van der Waals surface area contributed by atoms with Crippen molar-refractivity contribution in [3.63, 3.8) is 0 Å². The van der Waals surface area contributed by atoms with E-state index in [4.69, 9.17) is 11.6 Å². The van der Waals surface area contributed by atoms with Gasteiger partial charge in [-0.15, -0.1) is 0 Å². The number of aromatic nitrogens is 1. The van der Waals surface area contributed by atoms with Crippen LogP contribution in [0.1, 0.15) is 10.4 Å². The fraction of sp³-hybridized carbons (Fsp3) is 0.133. The van der Waals surface area contributed by atoms with Crippen LogP contribution in [-0.4, -0.2) is 34.8 Å². The van der Waals surface area contributed by atoms with Gasteiger partial charge in [0, 0.05) is 17.8 Å². The predicted molar refractivity (Wildman–Crippen MR) is 81.2 cm³/mol. The van der Waals surface area contributed by atoms with Crippen molar-refractivity contribution < 1.29 is 4.79 Å². The van der Waals surface area contributed by atoms with Crippen molar-refractivity contribution in [3.8, 4) is 0 Å². The molecule has 6 heteroatoms. The van der Waals surface area contributed by atoms with E-state index in [1.807, 2.05) is 29.2 Å². The summed E-state index contributed by atoms with van der Waals surface area (Å²) in [6.45, 7) is 1.20. The molecule has 0 saturated carbocycles. The first-order valence-electron chi connectivity index (χ1n) is 6.63. The van der Waals surface area contributed by atoms with Crippen LogP contribution in [0.4, 0.5) is 11.5 Å². The maximum Gasteiger partial charge on any atom is 0.264 e. The summed E-state index contributed by atoms with van der Waals surface area (Å²) in [5.74, 6) is 1.17. The molecule has 0 N–H and O–H groups in total. The van der Waals surface area contributed by atoms with Crippen LogP contribution in [0.3, 0.4) is 0 Å². The first-order chi connectivity index (χ1) is 10.3. The highest BCUT2D eigenvalue weighted by atomic mass is 35.5. The Morgan fingerprint density at radius 2 is 2.10 bits per heavy atom. The molecular formula is C15H11ClN4O. The van der Waals surface area contributed by atoms with Gasteiger partial charge in [0.25, 0.3) is 5.91 Å². The molecule has 21 heavy (non-hydrogen) atoms. The summed E-state index contributed by atoms with van der Waals surface area (Å²) in [6, 6.07) is 11.0. The number of halogens is 1. The molecule has 0 saturated heterocycles. The number of hydrogen-bond donors (Lipinski definition) is 0. The molecule has 5 nitrogen and oxygen atoms in total. The van der Waals surface area contributed by atoms with Crippen molar-refractivity contribution in [2.24, 2.45) is 4.99 Å². The number of hydrogen-bond acceptors (Lipinski definition) is 4. The molecule has 0 bridgehead atoms. The average molecular weight is 299 g/mol. The fourth-order valence-electron chi connectivity index (χ4n) is 2.65. The molecule has 3 heterocycles. The molecule has 0 aliphatic carbocycles. The van der Waals surface area contributed by atoms with Crippen molar-refractivity contribution in [2.75, 3.05) is 18.0 Å². The predicted octanol–water partition coefficient (Wildman–Crippen LogP) is 2.70. The van der Waals surface area contributed by atoms with Crippen LogP contribution in [-0.2, 0) is 0 Å². The second kappa shape index (κ2) is 4.56. The first-order valence-corrected chi connectivity index (χ1v) is 7.00. The lowest BCUT2D eigenvalue weighted by Crippen LogP contribution is -2.48. The van der Waals surface area contributed by atoms with Crippen LogP contribution >= 0.6 is 11.6 Å². The maximum absolute atomic E-state index is 12.5. The zero-order valence-electron chi connectivity index (χ0n) is 11.0. The van der Waals surface area contributed by atoms with Crippen molar-refractivity contribution in [2.45, 2.75) is 0 Å². The Balaban J connectivity index is 1.95. The number of rotatable bonds is 1. The number of fused-ring (bicyclic) bond motifs is 2. The van der Waals surface area contributed by atoms with E-state index in [9.17, 15) is 4.79 Å². The zero-order valence-corrected chi connectivity index (χ0v) is 11.8. The normalized spacial score (nSPS) is 16.6. The number of aliphatic imine (C=N–C) groups is 1. The van der Waals surface area contributed by atoms with Crippen LogP contribution in [0, 0.1) is 0 Å². The lowest BCUT2D eigenvalue weighted by atomic mass is 10.1. The number of benzene rings is 1.